The summed E-state index contributed by atoms with van der Waals surface area (Å²) in [5.41, 5.74) is -0.142. The highest BCUT2D eigenvalue weighted by Crippen LogP contribution is 2.23. The Bertz CT molecular complexity index is 478. The number of rotatable bonds is 4. The third kappa shape index (κ3) is 3.81. The summed E-state index contributed by atoms with van der Waals surface area (Å²) >= 11 is 0. The van der Waals surface area contributed by atoms with Crippen LogP contribution in [0, 0.1) is 5.92 Å². The van der Waals surface area contributed by atoms with Crippen molar-refractivity contribution in [1.29, 1.82) is 0 Å². The Morgan fingerprint density at radius 2 is 2.29 bits per heavy atom. The molecule has 0 spiro atoms. The quantitative estimate of drug-likeness (QED) is 0.920. The van der Waals surface area contributed by atoms with Crippen LogP contribution in [-0.4, -0.2) is 33.4 Å². The topological polar surface area (TPSA) is 69.0 Å². The van der Waals surface area contributed by atoms with Crippen LogP contribution < -0.4 is 5.32 Å². The second kappa shape index (κ2) is 6.56. The van der Waals surface area contributed by atoms with Crippen molar-refractivity contribution in [2.45, 2.75) is 65.1 Å². The molecule has 2 unspecified atom stereocenters. The molecule has 1 N–H and O–H groups in total. The highest BCUT2D eigenvalue weighted by Gasteiger charge is 2.30. The summed E-state index contributed by atoms with van der Waals surface area (Å²) in [7, 11) is 0. The van der Waals surface area contributed by atoms with Gasteiger partial charge in [-0.3, -0.25) is 4.79 Å². The van der Waals surface area contributed by atoms with Crippen LogP contribution in [0.5, 0.6) is 0 Å². The van der Waals surface area contributed by atoms with Crippen molar-refractivity contribution in [1.82, 2.24) is 20.1 Å². The molecule has 1 amide bonds. The summed E-state index contributed by atoms with van der Waals surface area (Å²) in [6, 6.07) is 0. The van der Waals surface area contributed by atoms with E-state index in [0.717, 1.165) is 31.7 Å². The maximum Gasteiger partial charge on any atom is 0.226 e. The number of nitrogens with one attached hydrogen (secondary N) is 1. The minimum atomic E-state index is -0.142. The maximum atomic E-state index is 12.4. The van der Waals surface area contributed by atoms with E-state index in [1.165, 1.54) is 6.33 Å². The summed E-state index contributed by atoms with van der Waals surface area (Å²) in [5.74, 6) is 0.792. The average molecular weight is 294 g/mol. The highest BCUT2D eigenvalue weighted by atomic mass is 16.5. The predicted molar refractivity (Wildman–Crippen MR) is 79.6 cm³/mol. The molecular weight excluding hydrogens is 268 g/mol. The number of carbonyl (C=O) groups excluding carboxylic acids is 1. The highest BCUT2D eigenvalue weighted by molar-refractivity contribution is 5.79. The Morgan fingerprint density at radius 1 is 1.52 bits per heavy atom. The zero-order valence-electron chi connectivity index (χ0n) is 13.4. The second-order valence-electron chi connectivity index (χ2n) is 6.54. The van der Waals surface area contributed by atoms with E-state index >= 15 is 0 Å². The number of aromatic nitrogens is 3. The smallest absolute Gasteiger partial charge is 0.226 e. The molecule has 0 bridgehead atoms. The van der Waals surface area contributed by atoms with E-state index in [1.807, 2.05) is 4.68 Å². The Morgan fingerprint density at radius 3 is 2.95 bits per heavy atom. The molecule has 0 radical (unpaired) electrons. The molecule has 0 saturated carbocycles. The Kier molecular flexibility index (Phi) is 4.98. The van der Waals surface area contributed by atoms with Gasteiger partial charge < -0.3 is 10.1 Å². The van der Waals surface area contributed by atoms with Gasteiger partial charge in [0.15, 0.2) is 0 Å². The first kappa shape index (κ1) is 15.9. The minimum absolute atomic E-state index is 0.0410. The fourth-order valence-corrected chi connectivity index (χ4v) is 2.79. The fraction of sp³-hybridized carbons (Fsp3) is 0.800. The summed E-state index contributed by atoms with van der Waals surface area (Å²) in [5, 5.41) is 7.23. The van der Waals surface area contributed by atoms with E-state index in [0.29, 0.717) is 6.54 Å². The van der Waals surface area contributed by atoms with Gasteiger partial charge in [0, 0.05) is 6.61 Å². The van der Waals surface area contributed by atoms with Crippen LogP contribution >= 0.6 is 0 Å². The number of nitrogens with zero attached hydrogens (tertiary/aromatic N) is 3. The van der Waals surface area contributed by atoms with Gasteiger partial charge >= 0.3 is 0 Å². The molecular formula is C15H26N4O2. The van der Waals surface area contributed by atoms with E-state index in [1.54, 1.807) is 0 Å². The molecule has 21 heavy (non-hydrogen) atoms. The van der Waals surface area contributed by atoms with Gasteiger partial charge in [0.1, 0.15) is 12.2 Å². The Labute approximate surface area is 126 Å². The number of amides is 1. The Hall–Kier alpha value is -1.43. The lowest BCUT2D eigenvalue weighted by Crippen LogP contribution is -2.41. The van der Waals surface area contributed by atoms with Gasteiger partial charge in [0.05, 0.1) is 24.1 Å². The summed E-state index contributed by atoms with van der Waals surface area (Å²) in [4.78, 5) is 16.6. The van der Waals surface area contributed by atoms with Gasteiger partial charge in [-0.15, -0.1) is 0 Å². The first-order chi connectivity index (χ1) is 9.93. The monoisotopic (exact) mass is 294 g/mol. The number of hydrogen-bond acceptors (Lipinski definition) is 4. The largest absolute Gasteiger partial charge is 0.377 e. The van der Waals surface area contributed by atoms with E-state index < -0.39 is 0 Å². The molecule has 6 heteroatoms. The fourth-order valence-electron chi connectivity index (χ4n) is 2.79. The van der Waals surface area contributed by atoms with Crippen molar-refractivity contribution in [2.24, 2.45) is 5.92 Å². The molecule has 6 nitrogen and oxygen atoms in total. The minimum Gasteiger partial charge on any atom is -0.377 e. The van der Waals surface area contributed by atoms with E-state index in [2.05, 4.69) is 43.1 Å². The van der Waals surface area contributed by atoms with Crippen LogP contribution in [0.15, 0.2) is 6.33 Å². The van der Waals surface area contributed by atoms with Crippen molar-refractivity contribution in [3.63, 3.8) is 0 Å². The van der Waals surface area contributed by atoms with Gasteiger partial charge in [-0.25, -0.2) is 9.67 Å². The van der Waals surface area contributed by atoms with Crippen LogP contribution in [-0.2, 0) is 21.6 Å². The average Bonchev–Trinajstić information content (AvgIpc) is 2.93. The summed E-state index contributed by atoms with van der Waals surface area (Å²) in [6.45, 7) is 9.43. The van der Waals surface area contributed by atoms with Crippen LogP contribution in [0.3, 0.4) is 0 Å². The molecule has 0 aromatic carbocycles. The maximum absolute atomic E-state index is 12.4. The standard InChI is InChI=1S/C15H26N4O2/c1-5-12-11(7-6-8-21-12)14(20)16-9-13-17-10-18-19(13)15(2,3)4/h10-12H,5-9H2,1-4H3,(H,16,20). The molecule has 0 aliphatic carbocycles. The van der Waals surface area contributed by atoms with Crippen LogP contribution in [0.1, 0.15) is 52.8 Å². The third-order valence-corrected chi connectivity index (χ3v) is 3.85. The van der Waals surface area contributed by atoms with E-state index in [9.17, 15) is 4.79 Å². The van der Waals surface area contributed by atoms with E-state index in [4.69, 9.17) is 4.74 Å². The second-order valence-corrected chi connectivity index (χ2v) is 6.54. The summed E-state index contributed by atoms with van der Waals surface area (Å²) < 4.78 is 7.53. The molecule has 118 valence electrons. The zero-order chi connectivity index (χ0) is 15.5. The van der Waals surface area contributed by atoms with Gasteiger partial charge in [-0.05, 0) is 40.0 Å². The van der Waals surface area contributed by atoms with Crippen LogP contribution in [0.4, 0.5) is 0 Å². The predicted octanol–water partition coefficient (Wildman–Crippen LogP) is 1.85. The first-order valence-corrected chi connectivity index (χ1v) is 7.72. The lowest BCUT2D eigenvalue weighted by atomic mass is 9.92. The van der Waals surface area contributed by atoms with Gasteiger partial charge in [-0.1, -0.05) is 6.92 Å². The molecule has 2 heterocycles. The van der Waals surface area contributed by atoms with Crippen molar-refractivity contribution in [3.8, 4) is 0 Å². The van der Waals surface area contributed by atoms with Gasteiger partial charge in [-0.2, -0.15) is 5.10 Å². The number of hydrogen-bond donors (Lipinski definition) is 1. The third-order valence-electron chi connectivity index (χ3n) is 3.85. The Balaban J connectivity index is 1.96. The molecule has 2 atom stereocenters. The number of ether oxygens (including phenoxy) is 1. The molecule has 1 fully saturated rings. The van der Waals surface area contributed by atoms with Crippen molar-refractivity contribution in [3.05, 3.63) is 12.2 Å². The first-order valence-electron chi connectivity index (χ1n) is 7.72. The molecule has 1 aromatic rings. The van der Waals surface area contributed by atoms with Crippen LogP contribution in [0.2, 0.25) is 0 Å². The van der Waals surface area contributed by atoms with E-state index in [-0.39, 0.29) is 23.5 Å². The molecule has 1 aliphatic heterocycles. The lowest BCUT2D eigenvalue weighted by Gasteiger charge is -2.30. The SMILES string of the molecule is CCC1OCCCC1C(=O)NCc1ncnn1C(C)(C)C. The molecule has 1 saturated heterocycles. The molecule has 1 aromatic heterocycles. The number of carbonyl (C=O) groups is 1. The zero-order valence-corrected chi connectivity index (χ0v) is 13.4. The molecule has 2 rings (SSSR count). The van der Waals surface area contributed by atoms with Gasteiger partial charge in [0.25, 0.3) is 0 Å². The van der Waals surface area contributed by atoms with Crippen molar-refractivity contribution in [2.75, 3.05) is 6.61 Å². The normalized spacial score (nSPS) is 23.0. The van der Waals surface area contributed by atoms with Crippen molar-refractivity contribution < 1.29 is 9.53 Å². The van der Waals surface area contributed by atoms with Crippen LogP contribution in [0.25, 0.3) is 0 Å². The molecule has 1 aliphatic rings. The lowest BCUT2D eigenvalue weighted by molar-refractivity contribution is -0.134. The summed E-state index contributed by atoms with van der Waals surface area (Å²) in [6.07, 6.45) is 4.30. The van der Waals surface area contributed by atoms with Crippen molar-refractivity contribution >= 4 is 5.91 Å². The van der Waals surface area contributed by atoms with Gasteiger partial charge in [0.2, 0.25) is 5.91 Å².